The molecular weight excluding hydrogens is 583 g/mol. The molecule has 0 N–H and O–H groups in total. The highest BCUT2D eigenvalue weighted by atomic mass is 15.2. The number of aromatic nitrogens is 3. The molecule has 0 saturated heterocycles. The van der Waals surface area contributed by atoms with Crippen LogP contribution >= 0.6 is 0 Å². The van der Waals surface area contributed by atoms with Crippen LogP contribution in [-0.2, 0) is 5.41 Å². The Morgan fingerprint density at radius 2 is 1.21 bits per heavy atom. The average molecular weight is 614 g/mol. The summed E-state index contributed by atoms with van der Waals surface area (Å²) < 4.78 is 2.30. The highest BCUT2D eigenvalue weighted by molar-refractivity contribution is 6.23. The molecular formula is C45H31N3. The van der Waals surface area contributed by atoms with Crippen molar-refractivity contribution < 1.29 is 0 Å². The summed E-state index contributed by atoms with van der Waals surface area (Å²) in [4.78, 5) is 10.7. The first-order chi connectivity index (χ1) is 23.6. The summed E-state index contributed by atoms with van der Waals surface area (Å²) in [7, 11) is 0. The second kappa shape index (κ2) is 9.97. The molecule has 0 atom stereocenters. The first kappa shape index (κ1) is 27.1. The zero-order valence-corrected chi connectivity index (χ0v) is 26.8. The van der Waals surface area contributed by atoms with E-state index in [1.54, 1.807) is 0 Å². The van der Waals surface area contributed by atoms with Crippen LogP contribution in [0.1, 0.15) is 25.0 Å². The third-order valence-corrected chi connectivity index (χ3v) is 10.4. The molecule has 9 aromatic rings. The van der Waals surface area contributed by atoms with Crippen molar-refractivity contribution in [3.8, 4) is 39.5 Å². The number of hydrogen-bond donors (Lipinski definition) is 0. The molecule has 0 unspecified atom stereocenters. The molecule has 7 aromatic carbocycles. The van der Waals surface area contributed by atoms with Crippen LogP contribution < -0.4 is 0 Å². The Morgan fingerprint density at radius 1 is 0.500 bits per heavy atom. The molecule has 0 bridgehead atoms. The number of hydrogen-bond acceptors (Lipinski definition) is 2. The predicted octanol–water partition coefficient (Wildman–Crippen LogP) is 11.5. The van der Waals surface area contributed by atoms with Crippen LogP contribution in [0.4, 0.5) is 0 Å². The van der Waals surface area contributed by atoms with E-state index < -0.39 is 0 Å². The average Bonchev–Trinajstić information content (AvgIpc) is 3.60. The molecule has 2 aromatic heterocycles. The Kier molecular flexibility index (Phi) is 5.63. The predicted molar refractivity (Wildman–Crippen MR) is 200 cm³/mol. The number of rotatable bonds is 3. The summed E-state index contributed by atoms with van der Waals surface area (Å²) >= 11 is 0. The van der Waals surface area contributed by atoms with Crippen molar-refractivity contribution >= 4 is 43.5 Å². The largest absolute Gasteiger partial charge is 0.277 e. The molecule has 0 radical (unpaired) electrons. The minimum absolute atomic E-state index is 0.0925. The van der Waals surface area contributed by atoms with Gasteiger partial charge in [0.15, 0.2) is 0 Å². The fourth-order valence-electron chi connectivity index (χ4n) is 8.13. The van der Waals surface area contributed by atoms with Crippen molar-refractivity contribution in [3.05, 3.63) is 163 Å². The second-order valence-electron chi connectivity index (χ2n) is 13.4. The monoisotopic (exact) mass is 613 g/mol. The SMILES string of the molecule is CC1(C)c2ccccc2-c2ccc(-c3cccc4c5c6ccccc6ccc5n(-c5nc(-c6ccccc6)c6ccccc6n5)c34)cc21. The quantitative estimate of drug-likeness (QED) is 0.198. The maximum Gasteiger partial charge on any atom is 0.235 e. The van der Waals surface area contributed by atoms with Crippen LogP contribution in [-0.4, -0.2) is 14.5 Å². The zero-order chi connectivity index (χ0) is 32.0. The summed E-state index contributed by atoms with van der Waals surface area (Å²) in [6.07, 6.45) is 0. The van der Waals surface area contributed by atoms with E-state index in [9.17, 15) is 0 Å². The topological polar surface area (TPSA) is 30.7 Å². The number of para-hydroxylation sites is 2. The molecule has 0 aliphatic heterocycles. The summed E-state index contributed by atoms with van der Waals surface area (Å²) in [5.41, 5.74) is 12.8. The number of fused-ring (bicyclic) bond motifs is 9. The highest BCUT2D eigenvalue weighted by Gasteiger charge is 2.35. The van der Waals surface area contributed by atoms with Crippen molar-refractivity contribution in [2.24, 2.45) is 0 Å². The first-order valence-electron chi connectivity index (χ1n) is 16.6. The Hall–Kier alpha value is -6.06. The zero-order valence-electron chi connectivity index (χ0n) is 26.8. The van der Waals surface area contributed by atoms with Crippen molar-refractivity contribution in [1.82, 2.24) is 14.5 Å². The Labute approximate surface area is 278 Å². The molecule has 48 heavy (non-hydrogen) atoms. The van der Waals surface area contributed by atoms with E-state index in [-0.39, 0.29) is 5.41 Å². The van der Waals surface area contributed by atoms with Crippen LogP contribution in [0.5, 0.6) is 0 Å². The lowest BCUT2D eigenvalue weighted by atomic mass is 9.81. The lowest BCUT2D eigenvalue weighted by Crippen LogP contribution is -2.14. The molecule has 0 spiro atoms. The van der Waals surface area contributed by atoms with Crippen LogP contribution in [0.3, 0.4) is 0 Å². The van der Waals surface area contributed by atoms with Crippen molar-refractivity contribution in [2.45, 2.75) is 19.3 Å². The van der Waals surface area contributed by atoms with Gasteiger partial charge in [0.05, 0.1) is 22.2 Å². The molecule has 2 heterocycles. The number of nitrogens with zero attached hydrogens (tertiary/aromatic N) is 3. The standard InChI is InChI=1S/C45H31N3/c1-45(2)37-21-10-8-17-33(37)34-25-23-30(27-38(34)45)32-19-12-20-36-41-31-16-7-6-13-28(31)24-26-40(41)48(43(32)36)44-46-39-22-11-9-18-35(39)42(47-44)29-14-4-3-5-15-29/h3-27H,1-2H3. The van der Waals surface area contributed by atoms with E-state index >= 15 is 0 Å². The molecule has 1 aliphatic rings. The van der Waals surface area contributed by atoms with Gasteiger partial charge in [-0.3, -0.25) is 4.57 Å². The molecule has 3 heteroatoms. The van der Waals surface area contributed by atoms with Gasteiger partial charge < -0.3 is 0 Å². The minimum Gasteiger partial charge on any atom is -0.277 e. The molecule has 0 fully saturated rings. The van der Waals surface area contributed by atoms with Gasteiger partial charge in [-0.15, -0.1) is 0 Å². The van der Waals surface area contributed by atoms with Crippen molar-refractivity contribution in [1.29, 1.82) is 0 Å². The molecule has 1 aliphatic carbocycles. The smallest absolute Gasteiger partial charge is 0.235 e. The third kappa shape index (κ3) is 3.76. The van der Waals surface area contributed by atoms with E-state index in [1.807, 2.05) is 0 Å². The van der Waals surface area contributed by atoms with Gasteiger partial charge in [-0.1, -0.05) is 147 Å². The normalized spacial score (nSPS) is 13.4. The summed E-state index contributed by atoms with van der Waals surface area (Å²) in [6.45, 7) is 4.69. The van der Waals surface area contributed by atoms with Crippen molar-refractivity contribution in [3.63, 3.8) is 0 Å². The molecule has 226 valence electrons. The van der Waals surface area contributed by atoms with Gasteiger partial charge in [0.2, 0.25) is 5.95 Å². The van der Waals surface area contributed by atoms with Gasteiger partial charge in [-0.25, -0.2) is 9.97 Å². The van der Waals surface area contributed by atoms with Gasteiger partial charge in [0, 0.05) is 32.7 Å². The summed E-state index contributed by atoms with van der Waals surface area (Å²) in [5.74, 6) is 0.671. The van der Waals surface area contributed by atoms with Gasteiger partial charge in [0.25, 0.3) is 0 Å². The molecule has 10 rings (SSSR count). The van der Waals surface area contributed by atoms with Crippen molar-refractivity contribution in [2.75, 3.05) is 0 Å². The molecule has 0 saturated carbocycles. The highest BCUT2D eigenvalue weighted by Crippen LogP contribution is 2.50. The Balaban J connectivity index is 1.32. The van der Waals surface area contributed by atoms with E-state index in [4.69, 9.17) is 9.97 Å². The summed E-state index contributed by atoms with van der Waals surface area (Å²) in [5, 5.41) is 5.90. The third-order valence-electron chi connectivity index (χ3n) is 10.4. The fraction of sp³-hybridized carbons (Fsp3) is 0.0667. The minimum atomic E-state index is -0.0925. The fourth-order valence-corrected chi connectivity index (χ4v) is 8.13. The lowest BCUT2D eigenvalue weighted by Gasteiger charge is -2.22. The number of benzene rings is 7. The van der Waals surface area contributed by atoms with Gasteiger partial charge in [-0.05, 0) is 56.8 Å². The van der Waals surface area contributed by atoms with Gasteiger partial charge >= 0.3 is 0 Å². The van der Waals surface area contributed by atoms with E-state index in [0.717, 1.165) is 33.2 Å². The Bertz CT molecular complexity index is 2750. The molecule has 0 amide bonds. The second-order valence-corrected chi connectivity index (χ2v) is 13.4. The first-order valence-corrected chi connectivity index (χ1v) is 16.6. The van der Waals surface area contributed by atoms with E-state index in [1.165, 1.54) is 54.9 Å². The lowest BCUT2D eigenvalue weighted by molar-refractivity contribution is 0.660. The maximum atomic E-state index is 5.39. The van der Waals surface area contributed by atoms with Gasteiger partial charge in [-0.2, -0.15) is 0 Å². The van der Waals surface area contributed by atoms with Crippen LogP contribution in [0.25, 0.3) is 82.9 Å². The maximum absolute atomic E-state index is 5.39. The Morgan fingerprint density at radius 3 is 2.10 bits per heavy atom. The summed E-state index contributed by atoms with van der Waals surface area (Å²) in [6, 6.07) is 54.5. The van der Waals surface area contributed by atoms with Crippen LogP contribution in [0.15, 0.2) is 152 Å². The van der Waals surface area contributed by atoms with Gasteiger partial charge in [0.1, 0.15) is 0 Å². The van der Waals surface area contributed by atoms with E-state index in [0.29, 0.717) is 5.95 Å². The van der Waals surface area contributed by atoms with Crippen LogP contribution in [0.2, 0.25) is 0 Å². The molecule has 3 nitrogen and oxygen atoms in total. The van der Waals surface area contributed by atoms with Crippen LogP contribution in [0, 0.1) is 0 Å². The van der Waals surface area contributed by atoms with E-state index in [2.05, 4.69) is 170 Å².